The van der Waals surface area contributed by atoms with Gasteiger partial charge in [0, 0.05) is 12.8 Å². The normalized spacial score (nSPS) is 34.0. The highest BCUT2D eigenvalue weighted by molar-refractivity contribution is 5.69. The van der Waals surface area contributed by atoms with Crippen LogP contribution in [0.4, 0.5) is 0 Å². The largest absolute Gasteiger partial charge is 0.427 e. The third kappa shape index (κ3) is 2.70. The highest BCUT2D eigenvalue weighted by atomic mass is 16.5. The van der Waals surface area contributed by atoms with Crippen molar-refractivity contribution in [1.82, 2.24) is 0 Å². The van der Waals surface area contributed by atoms with Crippen molar-refractivity contribution in [3.63, 3.8) is 0 Å². The smallest absolute Gasteiger partial charge is 0.308 e. The van der Waals surface area contributed by atoms with E-state index in [1.165, 1.54) is 12.5 Å². The van der Waals surface area contributed by atoms with E-state index in [1.807, 2.05) is 24.3 Å². The van der Waals surface area contributed by atoms with E-state index in [0.717, 1.165) is 12.2 Å². The van der Waals surface area contributed by atoms with Gasteiger partial charge in [0.1, 0.15) is 5.75 Å². The van der Waals surface area contributed by atoms with Crippen LogP contribution in [0.1, 0.15) is 39.4 Å². The second kappa shape index (κ2) is 5.88. The average Bonchev–Trinajstić information content (AvgIpc) is 2.45. The first-order chi connectivity index (χ1) is 10.5. The van der Waals surface area contributed by atoms with Crippen molar-refractivity contribution < 1.29 is 14.3 Å². The molecule has 118 valence electrons. The van der Waals surface area contributed by atoms with Crippen molar-refractivity contribution in [3.05, 3.63) is 41.5 Å². The predicted molar refractivity (Wildman–Crippen MR) is 85.5 cm³/mol. The van der Waals surface area contributed by atoms with Gasteiger partial charge in [0.05, 0.1) is 12.7 Å². The van der Waals surface area contributed by atoms with Crippen LogP contribution in [0.5, 0.6) is 5.75 Å². The Bertz CT molecular complexity index is 587. The average molecular weight is 300 g/mol. The van der Waals surface area contributed by atoms with Crippen molar-refractivity contribution >= 4 is 5.97 Å². The maximum absolute atomic E-state index is 11.0. The molecule has 1 aromatic carbocycles. The molecule has 0 amide bonds. The topological polar surface area (TPSA) is 35.5 Å². The molecule has 1 saturated heterocycles. The minimum absolute atomic E-state index is 0.0985. The summed E-state index contributed by atoms with van der Waals surface area (Å²) in [6.07, 6.45) is 2.51. The molecule has 3 heteroatoms. The first-order valence-electron chi connectivity index (χ1n) is 8.05. The molecule has 2 bridgehead atoms. The number of hydrogen-bond donors (Lipinski definition) is 0. The van der Waals surface area contributed by atoms with Gasteiger partial charge in [0.25, 0.3) is 0 Å². The van der Waals surface area contributed by atoms with Crippen LogP contribution >= 0.6 is 0 Å². The molecule has 1 aliphatic heterocycles. The summed E-state index contributed by atoms with van der Waals surface area (Å²) in [6, 6.07) is 7.73. The summed E-state index contributed by atoms with van der Waals surface area (Å²) in [5.41, 5.74) is 2.60. The number of carbonyl (C=O) groups excluding carboxylic acids is 1. The zero-order chi connectivity index (χ0) is 15.9. The Balaban J connectivity index is 1.86. The number of ether oxygens (including phenoxy) is 2. The van der Waals surface area contributed by atoms with E-state index in [9.17, 15) is 4.79 Å². The summed E-state index contributed by atoms with van der Waals surface area (Å²) in [6.45, 7) is 9.10. The van der Waals surface area contributed by atoms with Crippen LogP contribution in [0.2, 0.25) is 0 Å². The van der Waals surface area contributed by atoms with E-state index in [4.69, 9.17) is 9.47 Å². The summed E-state index contributed by atoms with van der Waals surface area (Å²) in [7, 11) is 0. The minimum atomic E-state index is -0.293. The second-order valence-electron chi connectivity index (χ2n) is 6.74. The fourth-order valence-corrected chi connectivity index (χ4v) is 4.14. The van der Waals surface area contributed by atoms with Crippen molar-refractivity contribution in [2.75, 3.05) is 6.61 Å². The minimum Gasteiger partial charge on any atom is -0.427 e. The number of allylic oxidation sites excluding steroid dienone is 1. The molecule has 0 spiro atoms. The van der Waals surface area contributed by atoms with E-state index in [2.05, 4.69) is 26.8 Å². The summed E-state index contributed by atoms with van der Waals surface area (Å²) < 4.78 is 11.3. The fraction of sp³-hybridized carbons (Fsp3) is 0.526. The quantitative estimate of drug-likeness (QED) is 0.467. The van der Waals surface area contributed by atoms with Crippen LogP contribution in [-0.2, 0) is 9.53 Å². The predicted octanol–water partition coefficient (Wildman–Crippen LogP) is 4.15. The van der Waals surface area contributed by atoms with Gasteiger partial charge >= 0.3 is 5.97 Å². The molecule has 3 rings (SSSR count). The molecule has 3 nitrogen and oxygen atoms in total. The first-order valence-corrected chi connectivity index (χ1v) is 8.05. The van der Waals surface area contributed by atoms with Gasteiger partial charge in [-0.2, -0.15) is 0 Å². The fourth-order valence-electron chi connectivity index (χ4n) is 4.14. The number of rotatable bonds is 2. The van der Waals surface area contributed by atoms with Crippen molar-refractivity contribution in [3.8, 4) is 5.75 Å². The third-order valence-corrected chi connectivity index (χ3v) is 5.23. The molecule has 22 heavy (non-hydrogen) atoms. The van der Waals surface area contributed by atoms with Crippen LogP contribution in [0.25, 0.3) is 0 Å². The molecule has 1 fully saturated rings. The van der Waals surface area contributed by atoms with Gasteiger partial charge in [-0.15, -0.1) is 0 Å². The summed E-state index contributed by atoms with van der Waals surface area (Å²) in [4.78, 5) is 11.0. The number of esters is 1. The zero-order valence-electron chi connectivity index (χ0n) is 13.7. The standard InChI is InChI=1S/C19H24O3/c1-11-9-12(2)18-13(3)17(11)10-21-19(18)15-5-7-16(8-6-15)22-14(4)20/h5-9,11,13,17-19H,10H2,1-4H3/t11-,13-,17+,18+,19+/m1/s1. The Hall–Kier alpha value is -1.61. The van der Waals surface area contributed by atoms with Crippen LogP contribution in [-0.4, -0.2) is 12.6 Å². The summed E-state index contributed by atoms with van der Waals surface area (Å²) in [5.74, 6) is 2.57. The highest BCUT2D eigenvalue weighted by Crippen LogP contribution is 2.49. The lowest BCUT2D eigenvalue weighted by Crippen LogP contribution is -2.42. The second-order valence-corrected chi connectivity index (χ2v) is 6.74. The molecule has 0 saturated carbocycles. The maximum Gasteiger partial charge on any atom is 0.308 e. The lowest BCUT2D eigenvalue weighted by atomic mass is 9.64. The molecule has 1 heterocycles. The van der Waals surface area contributed by atoms with Gasteiger partial charge in [0.2, 0.25) is 0 Å². The van der Waals surface area contributed by atoms with Gasteiger partial charge < -0.3 is 9.47 Å². The third-order valence-electron chi connectivity index (χ3n) is 5.23. The summed E-state index contributed by atoms with van der Waals surface area (Å²) >= 11 is 0. The molecule has 0 unspecified atom stereocenters. The Morgan fingerprint density at radius 2 is 1.91 bits per heavy atom. The van der Waals surface area contributed by atoms with Gasteiger partial charge in [0.15, 0.2) is 0 Å². The number of carbonyl (C=O) groups is 1. The van der Waals surface area contributed by atoms with Crippen molar-refractivity contribution in [2.24, 2.45) is 23.7 Å². The molecule has 0 aromatic heterocycles. The summed E-state index contributed by atoms with van der Waals surface area (Å²) in [5, 5.41) is 0. The van der Waals surface area contributed by atoms with Gasteiger partial charge in [-0.3, -0.25) is 4.79 Å². The van der Waals surface area contributed by atoms with Crippen molar-refractivity contribution in [2.45, 2.75) is 33.8 Å². The molecule has 0 N–H and O–H groups in total. The van der Waals surface area contributed by atoms with Crippen LogP contribution in [0, 0.1) is 23.7 Å². The van der Waals surface area contributed by atoms with Crippen LogP contribution < -0.4 is 4.74 Å². The molecule has 2 aliphatic rings. The Labute approximate surface area is 132 Å². The van der Waals surface area contributed by atoms with Crippen LogP contribution in [0.3, 0.4) is 0 Å². The first kappa shape index (κ1) is 15.3. The molecule has 1 aliphatic carbocycles. The van der Waals surface area contributed by atoms with E-state index in [0.29, 0.717) is 29.4 Å². The molecule has 0 radical (unpaired) electrons. The van der Waals surface area contributed by atoms with Crippen LogP contribution in [0.15, 0.2) is 35.9 Å². The van der Waals surface area contributed by atoms with Gasteiger partial charge in [-0.05, 0) is 42.4 Å². The SMILES string of the molecule is CC(=O)Oc1ccc([C@@H]2OC[C@@H]3[C@@H](C)[C@@H]2C(C)=C[C@H]3C)cc1. The zero-order valence-corrected chi connectivity index (χ0v) is 13.7. The number of fused-ring (bicyclic) bond motifs is 2. The Morgan fingerprint density at radius 1 is 1.23 bits per heavy atom. The number of hydrogen-bond acceptors (Lipinski definition) is 3. The molecule has 1 aromatic rings. The monoisotopic (exact) mass is 300 g/mol. The van der Waals surface area contributed by atoms with Crippen molar-refractivity contribution in [1.29, 1.82) is 0 Å². The molecular formula is C19H24O3. The lowest BCUT2D eigenvalue weighted by Gasteiger charge is -2.47. The lowest BCUT2D eigenvalue weighted by molar-refractivity contribution is -0.131. The number of benzene rings is 1. The van der Waals surface area contributed by atoms with Gasteiger partial charge in [-0.1, -0.05) is 37.6 Å². The highest BCUT2D eigenvalue weighted by Gasteiger charge is 2.43. The maximum atomic E-state index is 11.0. The van der Waals surface area contributed by atoms with E-state index < -0.39 is 0 Å². The van der Waals surface area contributed by atoms with E-state index in [1.54, 1.807) is 0 Å². The van der Waals surface area contributed by atoms with E-state index in [-0.39, 0.29) is 12.1 Å². The Kier molecular flexibility index (Phi) is 4.09. The van der Waals surface area contributed by atoms with E-state index >= 15 is 0 Å². The molecule has 5 atom stereocenters. The Morgan fingerprint density at radius 3 is 2.55 bits per heavy atom. The molecular weight excluding hydrogens is 276 g/mol. The van der Waals surface area contributed by atoms with Gasteiger partial charge in [-0.25, -0.2) is 0 Å².